The van der Waals surface area contributed by atoms with Gasteiger partial charge < -0.3 is 25.1 Å². The molecule has 0 aromatic heterocycles. The van der Waals surface area contributed by atoms with Crippen molar-refractivity contribution in [2.45, 2.75) is 84.2 Å². The number of carbonyl (C=O) groups is 2. The number of carbonyl (C=O) groups excluding carboxylic acids is 2. The number of nitrogens with one attached hydrogen (secondary N) is 1. The minimum atomic E-state index is -0.631. The summed E-state index contributed by atoms with van der Waals surface area (Å²) in [4.78, 5) is 31.7. The van der Waals surface area contributed by atoms with E-state index < -0.39 is 36.1 Å². The number of nitrogens with zero attached hydrogens (tertiary/aromatic N) is 2. The molecule has 194 valence electrons. The molecule has 1 atom stereocenters. The maximum absolute atomic E-state index is 13.0. The molecule has 9 nitrogen and oxygen atoms in total. The zero-order chi connectivity index (χ0) is 26.5. The van der Waals surface area contributed by atoms with E-state index in [1.165, 1.54) is 0 Å². The van der Waals surface area contributed by atoms with Crippen molar-refractivity contribution in [2.24, 2.45) is 10.7 Å². The average molecular weight is 496 g/mol. The lowest BCUT2D eigenvalue weighted by Crippen LogP contribution is -2.53. The summed E-state index contributed by atoms with van der Waals surface area (Å²) < 4.78 is 17.9. The number of nitrogens with two attached hydrogens (primary N) is 1. The van der Waals surface area contributed by atoms with Crippen molar-refractivity contribution >= 4 is 36.0 Å². The molecule has 1 unspecified atom stereocenters. The molecule has 2 amide bonds. The maximum atomic E-state index is 13.0. The number of ether oxygens (including phenoxy) is 1. The first-order chi connectivity index (χ1) is 16.7. The lowest BCUT2D eigenvalue weighted by Gasteiger charge is -2.38. The van der Waals surface area contributed by atoms with Crippen LogP contribution < -0.4 is 16.5 Å². The molecule has 10 heteroatoms. The minimum Gasteiger partial charge on any atom is -0.444 e. The van der Waals surface area contributed by atoms with Crippen LogP contribution in [0.3, 0.4) is 0 Å². The van der Waals surface area contributed by atoms with Gasteiger partial charge >= 0.3 is 13.2 Å². The Balaban J connectivity index is 1.60. The van der Waals surface area contributed by atoms with Crippen molar-refractivity contribution in [1.29, 1.82) is 0 Å². The SMILES string of the molecule is CC(C)(C)OC(=O)N1CCC(=Nc2ccc(B3OC(C)(C)C(C)(C)O3)cc2)C2=C(N)CC(=O)NCC21. The monoisotopic (exact) mass is 496 g/mol. The molecule has 0 radical (unpaired) electrons. The Morgan fingerprint density at radius 1 is 1.17 bits per heavy atom. The number of hydrogen-bond acceptors (Lipinski definition) is 7. The van der Waals surface area contributed by atoms with E-state index in [2.05, 4.69) is 5.32 Å². The first-order valence-electron chi connectivity index (χ1n) is 12.5. The van der Waals surface area contributed by atoms with Crippen molar-refractivity contribution in [1.82, 2.24) is 10.2 Å². The molecular formula is C26H37BN4O5. The lowest BCUT2D eigenvalue weighted by atomic mass is 9.79. The van der Waals surface area contributed by atoms with E-state index in [4.69, 9.17) is 24.8 Å². The van der Waals surface area contributed by atoms with Gasteiger partial charge in [0.15, 0.2) is 0 Å². The number of hydrogen-bond donors (Lipinski definition) is 2. The van der Waals surface area contributed by atoms with Crippen LogP contribution in [0.25, 0.3) is 0 Å². The van der Waals surface area contributed by atoms with E-state index in [0.29, 0.717) is 18.7 Å². The second kappa shape index (κ2) is 9.23. The summed E-state index contributed by atoms with van der Waals surface area (Å²) in [5.74, 6) is -0.176. The molecule has 36 heavy (non-hydrogen) atoms. The van der Waals surface area contributed by atoms with E-state index in [-0.39, 0.29) is 18.9 Å². The highest BCUT2D eigenvalue weighted by Crippen LogP contribution is 2.36. The third-order valence-electron chi connectivity index (χ3n) is 7.11. The van der Waals surface area contributed by atoms with Crippen molar-refractivity contribution in [3.8, 4) is 0 Å². The Labute approximate surface area is 213 Å². The molecule has 0 bridgehead atoms. The number of rotatable bonds is 2. The smallest absolute Gasteiger partial charge is 0.444 e. The van der Waals surface area contributed by atoms with Crippen LogP contribution in [0.4, 0.5) is 10.5 Å². The molecule has 3 aliphatic heterocycles. The highest BCUT2D eigenvalue weighted by atomic mass is 16.7. The van der Waals surface area contributed by atoms with Gasteiger partial charge in [-0.05, 0) is 66.1 Å². The summed E-state index contributed by atoms with van der Waals surface area (Å²) in [5, 5.41) is 2.87. The van der Waals surface area contributed by atoms with Crippen LogP contribution in [-0.4, -0.2) is 65.7 Å². The van der Waals surface area contributed by atoms with E-state index in [9.17, 15) is 9.59 Å². The Bertz CT molecular complexity index is 1090. The Hall–Kier alpha value is -2.85. The number of piperidine rings is 1. The van der Waals surface area contributed by atoms with Crippen molar-refractivity contribution < 1.29 is 23.6 Å². The van der Waals surface area contributed by atoms with Crippen LogP contribution in [0.15, 0.2) is 40.5 Å². The third-order valence-corrected chi connectivity index (χ3v) is 7.11. The van der Waals surface area contributed by atoms with Crippen LogP contribution >= 0.6 is 0 Å². The number of amides is 2. The molecule has 2 saturated heterocycles. The van der Waals surface area contributed by atoms with Gasteiger partial charge in [0.25, 0.3) is 0 Å². The van der Waals surface area contributed by atoms with Gasteiger partial charge in [0.05, 0.1) is 29.4 Å². The van der Waals surface area contributed by atoms with E-state index in [1.807, 2.05) is 72.7 Å². The normalized spacial score (nSPS) is 24.9. The molecule has 3 N–H and O–H groups in total. The largest absolute Gasteiger partial charge is 0.494 e. The summed E-state index contributed by atoms with van der Waals surface area (Å²) in [6.07, 6.45) is 0.132. The highest BCUT2D eigenvalue weighted by Gasteiger charge is 2.51. The molecule has 1 aromatic rings. The molecule has 0 spiro atoms. The fraction of sp³-hybridized carbons (Fsp3) is 0.577. The molecule has 1 aromatic carbocycles. The standard InChI is InChI=1S/C26H37BN4O5/c1-24(2,3)34-23(33)31-13-12-19(22-18(28)14-21(32)29-15-20(22)31)30-17-10-8-16(9-11-17)27-35-25(4,5)26(6,7)36-27/h8-11,20H,12-15,28H2,1-7H3,(H,29,32). The van der Waals surface area contributed by atoms with Gasteiger partial charge in [0, 0.05) is 36.5 Å². The van der Waals surface area contributed by atoms with Gasteiger partial charge in [-0.15, -0.1) is 0 Å². The van der Waals surface area contributed by atoms with Crippen molar-refractivity contribution in [3.05, 3.63) is 35.5 Å². The van der Waals surface area contributed by atoms with Gasteiger partial charge in [-0.25, -0.2) is 4.79 Å². The van der Waals surface area contributed by atoms with Crippen LogP contribution in [0.1, 0.15) is 61.3 Å². The van der Waals surface area contributed by atoms with Gasteiger partial charge in [0.1, 0.15) is 5.60 Å². The first-order valence-corrected chi connectivity index (χ1v) is 12.5. The molecule has 3 aliphatic rings. The summed E-state index contributed by atoms with van der Waals surface area (Å²) in [7, 11) is -0.449. The maximum Gasteiger partial charge on any atom is 0.494 e. The summed E-state index contributed by atoms with van der Waals surface area (Å²) in [6, 6.07) is 7.29. The van der Waals surface area contributed by atoms with Crippen LogP contribution in [0, 0.1) is 0 Å². The zero-order valence-corrected chi connectivity index (χ0v) is 22.3. The molecule has 0 aliphatic carbocycles. The zero-order valence-electron chi connectivity index (χ0n) is 22.3. The summed E-state index contributed by atoms with van der Waals surface area (Å²) in [5.41, 5.74) is 8.53. The van der Waals surface area contributed by atoms with E-state index >= 15 is 0 Å². The van der Waals surface area contributed by atoms with E-state index in [0.717, 1.165) is 22.4 Å². The second-order valence-corrected chi connectivity index (χ2v) is 11.6. The van der Waals surface area contributed by atoms with Crippen molar-refractivity contribution in [2.75, 3.05) is 13.1 Å². The number of likely N-dealkylation sites (tertiary alicyclic amines) is 1. The molecule has 3 heterocycles. The fourth-order valence-electron chi connectivity index (χ4n) is 4.51. The number of fused-ring (bicyclic) bond motifs is 1. The van der Waals surface area contributed by atoms with Crippen LogP contribution in [-0.2, 0) is 18.8 Å². The van der Waals surface area contributed by atoms with Crippen LogP contribution in [0.5, 0.6) is 0 Å². The number of benzene rings is 1. The topological polar surface area (TPSA) is 115 Å². The Kier molecular flexibility index (Phi) is 6.72. The Morgan fingerprint density at radius 3 is 2.36 bits per heavy atom. The van der Waals surface area contributed by atoms with Gasteiger partial charge in [-0.3, -0.25) is 14.7 Å². The number of aliphatic imine (C=N–C) groups is 1. The van der Waals surface area contributed by atoms with Gasteiger partial charge in [-0.1, -0.05) is 12.1 Å². The quantitative estimate of drug-likeness (QED) is 0.609. The van der Waals surface area contributed by atoms with E-state index in [1.54, 1.807) is 4.90 Å². The minimum absolute atomic E-state index is 0.0634. The molecule has 2 fully saturated rings. The molecular weight excluding hydrogens is 459 g/mol. The van der Waals surface area contributed by atoms with Gasteiger partial charge in [-0.2, -0.15) is 0 Å². The fourth-order valence-corrected chi connectivity index (χ4v) is 4.51. The Morgan fingerprint density at radius 2 is 1.78 bits per heavy atom. The predicted octanol–water partition coefficient (Wildman–Crippen LogP) is 2.80. The average Bonchev–Trinajstić information content (AvgIpc) is 2.87. The molecule has 4 rings (SSSR count). The predicted molar refractivity (Wildman–Crippen MR) is 139 cm³/mol. The molecule has 0 saturated carbocycles. The highest BCUT2D eigenvalue weighted by molar-refractivity contribution is 6.62. The van der Waals surface area contributed by atoms with Crippen LogP contribution in [0.2, 0.25) is 0 Å². The summed E-state index contributed by atoms with van der Waals surface area (Å²) >= 11 is 0. The van der Waals surface area contributed by atoms with Gasteiger partial charge in [0.2, 0.25) is 5.91 Å². The second-order valence-electron chi connectivity index (χ2n) is 11.6. The van der Waals surface area contributed by atoms with Crippen molar-refractivity contribution in [3.63, 3.8) is 0 Å². The lowest BCUT2D eigenvalue weighted by molar-refractivity contribution is -0.120. The first kappa shape index (κ1) is 26.2. The summed E-state index contributed by atoms with van der Waals surface area (Å²) in [6.45, 7) is 14.3. The third kappa shape index (κ3) is 5.29.